The highest BCUT2D eigenvalue weighted by atomic mass is 32.1. The molecule has 0 bridgehead atoms. The van der Waals surface area contributed by atoms with Crippen molar-refractivity contribution in [3.63, 3.8) is 0 Å². The summed E-state index contributed by atoms with van der Waals surface area (Å²) >= 11 is 1.83. The number of hydrogen-bond acceptors (Lipinski definition) is 6. The van der Waals surface area contributed by atoms with E-state index in [0.29, 0.717) is 13.2 Å². The van der Waals surface area contributed by atoms with Crippen LogP contribution >= 0.6 is 11.3 Å². The number of benzene rings is 1. The Bertz CT molecular complexity index is 1090. The molecule has 0 saturated heterocycles. The molecule has 36 heavy (non-hydrogen) atoms. The van der Waals surface area contributed by atoms with Crippen molar-refractivity contribution < 1.29 is 4.74 Å². The predicted molar refractivity (Wildman–Crippen MR) is 156 cm³/mol. The number of nitrogens with one attached hydrogen (secondary N) is 1. The minimum atomic E-state index is 0.635. The van der Waals surface area contributed by atoms with Crippen LogP contribution in [-0.2, 0) is 37.3 Å². The van der Waals surface area contributed by atoms with E-state index in [1.165, 1.54) is 32.1 Å². The van der Waals surface area contributed by atoms with Gasteiger partial charge in [-0.3, -0.25) is 4.98 Å². The fraction of sp³-hybridized carbons (Fsp3) is 0.300. The van der Waals surface area contributed by atoms with Crippen molar-refractivity contribution in [1.29, 1.82) is 0 Å². The van der Waals surface area contributed by atoms with Gasteiger partial charge in [-0.2, -0.15) is 0 Å². The predicted octanol–water partition coefficient (Wildman–Crippen LogP) is 6.43. The highest BCUT2D eigenvalue weighted by molar-refractivity contribution is 7.16. The molecule has 0 amide bonds. The quantitative estimate of drug-likeness (QED) is 0.346. The maximum absolute atomic E-state index is 5.79. The minimum Gasteiger partial charge on any atom is -0.380 e. The lowest BCUT2D eigenvalue weighted by molar-refractivity contribution is 0.184. The van der Waals surface area contributed by atoms with Gasteiger partial charge < -0.3 is 20.7 Å². The van der Waals surface area contributed by atoms with Gasteiger partial charge in [0.25, 0.3) is 0 Å². The molecule has 0 radical (unpaired) electrons. The topological polar surface area (TPSA) is 63.4 Å². The van der Waals surface area contributed by atoms with E-state index >= 15 is 0 Å². The van der Waals surface area contributed by atoms with Crippen LogP contribution in [-0.4, -0.2) is 30.6 Å². The van der Waals surface area contributed by atoms with E-state index in [1.54, 1.807) is 25.6 Å². The Morgan fingerprint density at radius 3 is 2.64 bits per heavy atom. The maximum Gasteiger partial charge on any atom is 0.0931 e. The van der Waals surface area contributed by atoms with Crippen LogP contribution in [0.1, 0.15) is 39.6 Å². The summed E-state index contributed by atoms with van der Waals surface area (Å²) in [6, 6.07) is 12.3. The summed E-state index contributed by atoms with van der Waals surface area (Å²) < 4.78 is 4.89. The van der Waals surface area contributed by atoms with Gasteiger partial charge >= 0.3 is 0 Å². The summed E-state index contributed by atoms with van der Waals surface area (Å²) in [5, 5.41) is 4.46. The number of ether oxygens (including phenoxy) is 1. The molecule has 5 nitrogen and oxygen atoms in total. The smallest absolute Gasteiger partial charge is 0.0931 e. The number of fused-ring (bicyclic) bond motifs is 1. The molecule has 192 valence electrons. The van der Waals surface area contributed by atoms with Crippen LogP contribution in [0, 0.1) is 0 Å². The molecule has 0 fully saturated rings. The van der Waals surface area contributed by atoms with Crippen molar-refractivity contribution in [2.75, 3.05) is 26.0 Å². The van der Waals surface area contributed by atoms with Crippen LogP contribution in [0.5, 0.6) is 0 Å². The molecule has 1 aromatic carbocycles. The standard InChI is InChI=1S/C12H14.C11H17N3S.C7H9NO/c1-3-5-8-12-10-7-6-9-11(12)4-2;1-3-14-5-4-8-9(6-12)11(13-2)15-10(8)7-14;1-9-6-7-3-2-4-8-5-7/h3,5-10H,1,4H2,2H3;3,13H,1,4-7,12H2,2H3;2-5H,6H2,1H3/b8-5+;;. The van der Waals surface area contributed by atoms with Gasteiger partial charge in [-0.25, -0.2) is 0 Å². The number of nitrogens with two attached hydrogens (primary N) is 1. The Kier molecular flexibility index (Phi) is 13.3. The van der Waals surface area contributed by atoms with E-state index < -0.39 is 0 Å². The van der Waals surface area contributed by atoms with E-state index in [0.717, 1.165) is 31.5 Å². The van der Waals surface area contributed by atoms with Gasteiger partial charge in [-0.15, -0.1) is 11.3 Å². The zero-order valence-corrected chi connectivity index (χ0v) is 22.7. The summed E-state index contributed by atoms with van der Waals surface area (Å²) in [6.07, 6.45) is 13.5. The van der Waals surface area contributed by atoms with Crippen LogP contribution in [0.4, 0.5) is 5.00 Å². The number of methoxy groups -OCH3 is 1. The zero-order chi connectivity index (χ0) is 26.2. The number of nitrogens with zero attached hydrogens (tertiary/aromatic N) is 2. The summed E-state index contributed by atoms with van der Waals surface area (Å²) in [5.41, 5.74) is 12.4. The first kappa shape index (κ1) is 29.0. The lowest BCUT2D eigenvalue weighted by Gasteiger charge is -2.25. The summed E-state index contributed by atoms with van der Waals surface area (Å²) in [7, 11) is 3.63. The first-order valence-electron chi connectivity index (χ1n) is 12.2. The molecule has 3 aromatic rings. The molecular weight excluding hydrogens is 464 g/mol. The van der Waals surface area contributed by atoms with Crippen LogP contribution in [0.25, 0.3) is 6.08 Å². The minimum absolute atomic E-state index is 0.635. The monoisotopic (exact) mass is 504 g/mol. The fourth-order valence-electron chi connectivity index (χ4n) is 3.90. The normalized spacial score (nSPS) is 12.1. The lowest BCUT2D eigenvalue weighted by atomic mass is 10.0. The van der Waals surface area contributed by atoms with Crippen molar-refractivity contribution in [3.8, 4) is 0 Å². The molecule has 4 rings (SSSR count). The van der Waals surface area contributed by atoms with Crippen LogP contribution in [0.15, 0.2) is 80.3 Å². The number of pyridine rings is 1. The van der Waals surface area contributed by atoms with Crippen LogP contribution in [0.2, 0.25) is 0 Å². The van der Waals surface area contributed by atoms with Crippen molar-refractivity contribution in [2.45, 2.75) is 39.5 Å². The lowest BCUT2D eigenvalue weighted by Crippen LogP contribution is -2.24. The number of anilines is 1. The highest BCUT2D eigenvalue weighted by Crippen LogP contribution is 2.36. The van der Waals surface area contributed by atoms with Gasteiger partial charge in [0.15, 0.2) is 0 Å². The second kappa shape index (κ2) is 16.5. The Morgan fingerprint density at radius 2 is 2.03 bits per heavy atom. The largest absolute Gasteiger partial charge is 0.380 e. The molecule has 2 aromatic heterocycles. The van der Waals surface area contributed by atoms with Gasteiger partial charge in [-0.1, -0.05) is 68.6 Å². The van der Waals surface area contributed by atoms with E-state index in [1.807, 2.05) is 42.8 Å². The van der Waals surface area contributed by atoms with Crippen molar-refractivity contribution >= 4 is 22.4 Å². The number of aryl methyl sites for hydroxylation is 1. The van der Waals surface area contributed by atoms with Crippen LogP contribution in [0.3, 0.4) is 0 Å². The molecule has 0 unspecified atom stereocenters. The molecule has 1 aliphatic heterocycles. The number of aromatic nitrogens is 1. The number of allylic oxidation sites excluding steroid dienone is 2. The van der Waals surface area contributed by atoms with Crippen LogP contribution < -0.4 is 11.1 Å². The Labute approximate surface area is 221 Å². The third-order valence-electron chi connectivity index (χ3n) is 5.77. The van der Waals surface area contributed by atoms with Gasteiger partial charge in [0.2, 0.25) is 0 Å². The average Bonchev–Trinajstić information content (AvgIpc) is 3.30. The first-order valence-corrected chi connectivity index (χ1v) is 13.1. The van der Waals surface area contributed by atoms with E-state index in [-0.39, 0.29) is 0 Å². The summed E-state index contributed by atoms with van der Waals surface area (Å²) in [6.45, 7) is 13.0. The summed E-state index contributed by atoms with van der Waals surface area (Å²) in [5.74, 6) is 0. The number of rotatable bonds is 8. The molecule has 0 aliphatic carbocycles. The van der Waals surface area contributed by atoms with Crippen molar-refractivity contribution in [3.05, 3.63) is 113 Å². The highest BCUT2D eigenvalue weighted by Gasteiger charge is 2.21. The molecule has 0 saturated carbocycles. The molecule has 0 atom stereocenters. The SMILES string of the molecule is C=C/C=C/c1ccccc1CC.C=CN1CCc2c(sc(NC)c2CN)C1.COCc1cccnc1. The van der Waals surface area contributed by atoms with E-state index in [9.17, 15) is 0 Å². The molecule has 0 spiro atoms. The third kappa shape index (κ3) is 8.79. The van der Waals surface area contributed by atoms with E-state index in [2.05, 4.69) is 65.6 Å². The van der Waals surface area contributed by atoms with Gasteiger partial charge in [0.1, 0.15) is 0 Å². The molecule has 1 aliphatic rings. The first-order chi connectivity index (χ1) is 17.6. The average molecular weight is 505 g/mol. The Morgan fingerprint density at radius 1 is 1.22 bits per heavy atom. The van der Waals surface area contributed by atoms with Gasteiger partial charge in [-0.05, 0) is 47.4 Å². The molecular formula is C30H40N4OS. The van der Waals surface area contributed by atoms with Gasteiger partial charge in [0, 0.05) is 50.1 Å². The molecule has 6 heteroatoms. The molecule has 3 heterocycles. The zero-order valence-electron chi connectivity index (χ0n) is 21.9. The summed E-state index contributed by atoms with van der Waals surface area (Å²) in [4.78, 5) is 7.61. The number of hydrogen-bond donors (Lipinski definition) is 2. The van der Waals surface area contributed by atoms with Crippen molar-refractivity contribution in [2.24, 2.45) is 5.73 Å². The van der Waals surface area contributed by atoms with Crippen molar-refractivity contribution in [1.82, 2.24) is 9.88 Å². The second-order valence-corrected chi connectivity index (χ2v) is 9.22. The Balaban J connectivity index is 0.000000197. The van der Waals surface area contributed by atoms with Gasteiger partial charge in [0.05, 0.1) is 18.2 Å². The molecule has 3 N–H and O–H groups in total. The second-order valence-electron chi connectivity index (χ2n) is 8.11. The third-order valence-corrected chi connectivity index (χ3v) is 7.04. The maximum atomic E-state index is 5.79. The van der Waals surface area contributed by atoms with E-state index in [4.69, 9.17) is 10.5 Å². The Hall–Kier alpha value is -3.19. The fourth-order valence-corrected chi connectivity index (χ4v) is 5.16. The number of thiophene rings is 1.